The van der Waals surface area contributed by atoms with E-state index in [1.165, 1.54) is 13.3 Å². The van der Waals surface area contributed by atoms with Crippen molar-refractivity contribution in [2.75, 3.05) is 12.8 Å². The first kappa shape index (κ1) is 8.32. The van der Waals surface area contributed by atoms with Crippen LogP contribution in [0.4, 0.5) is 10.5 Å². The molecule has 12 heavy (non-hydrogen) atoms. The van der Waals surface area contributed by atoms with Crippen molar-refractivity contribution in [1.29, 1.82) is 0 Å². The molecule has 0 bridgehead atoms. The standard InChI is InChI=1S/C7H8N2O3/c1-11-7(10)12-6-5(8)3-2-4-9-6/h2-4H,8H2,1H3. The maximum atomic E-state index is 10.6. The number of anilines is 1. The van der Waals surface area contributed by atoms with E-state index in [9.17, 15) is 4.79 Å². The number of methoxy groups -OCH3 is 1. The van der Waals surface area contributed by atoms with Gasteiger partial charge >= 0.3 is 6.16 Å². The summed E-state index contributed by atoms with van der Waals surface area (Å²) in [5, 5.41) is 0. The molecular formula is C7H8N2O3. The highest BCUT2D eigenvalue weighted by atomic mass is 16.7. The van der Waals surface area contributed by atoms with Gasteiger partial charge in [0.15, 0.2) is 0 Å². The number of nitrogens with two attached hydrogens (primary N) is 1. The monoisotopic (exact) mass is 168 g/mol. The number of rotatable bonds is 1. The SMILES string of the molecule is COC(=O)Oc1ncccc1N. The minimum Gasteiger partial charge on any atom is -0.437 e. The second kappa shape index (κ2) is 3.56. The van der Waals surface area contributed by atoms with Crippen molar-refractivity contribution in [2.24, 2.45) is 0 Å². The summed E-state index contributed by atoms with van der Waals surface area (Å²) in [6.45, 7) is 0. The largest absolute Gasteiger partial charge is 0.514 e. The number of carbonyl (C=O) groups excluding carboxylic acids is 1. The molecule has 2 N–H and O–H groups in total. The van der Waals surface area contributed by atoms with Crippen LogP contribution in [0.25, 0.3) is 0 Å². The minimum atomic E-state index is -0.833. The molecule has 1 heterocycles. The van der Waals surface area contributed by atoms with Crippen molar-refractivity contribution in [3.8, 4) is 5.88 Å². The predicted molar refractivity (Wildman–Crippen MR) is 41.7 cm³/mol. The highest BCUT2D eigenvalue weighted by Gasteiger charge is 2.06. The molecule has 0 fully saturated rings. The lowest BCUT2D eigenvalue weighted by Gasteiger charge is -2.02. The first-order chi connectivity index (χ1) is 5.74. The zero-order valence-corrected chi connectivity index (χ0v) is 6.48. The third-order valence-electron chi connectivity index (χ3n) is 1.15. The van der Waals surface area contributed by atoms with Gasteiger partial charge < -0.3 is 15.2 Å². The van der Waals surface area contributed by atoms with Crippen molar-refractivity contribution < 1.29 is 14.3 Å². The molecule has 0 amide bonds. The van der Waals surface area contributed by atoms with Gasteiger partial charge in [0.05, 0.1) is 12.8 Å². The van der Waals surface area contributed by atoms with Gasteiger partial charge in [0.2, 0.25) is 5.88 Å². The minimum absolute atomic E-state index is 0.0596. The van der Waals surface area contributed by atoms with Crippen LogP contribution in [0.2, 0.25) is 0 Å². The van der Waals surface area contributed by atoms with Gasteiger partial charge in [0.25, 0.3) is 0 Å². The molecule has 0 saturated heterocycles. The molecule has 64 valence electrons. The quantitative estimate of drug-likeness (QED) is 0.628. The molecule has 1 aromatic rings. The van der Waals surface area contributed by atoms with Crippen LogP contribution in [-0.2, 0) is 4.74 Å². The third kappa shape index (κ3) is 1.85. The lowest BCUT2D eigenvalue weighted by atomic mass is 10.4. The Morgan fingerprint density at radius 1 is 1.67 bits per heavy atom. The number of hydrogen-bond acceptors (Lipinski definition) is 5. The van der Waals surface area contributed by atoms with E-state index in [2.05, 4.69) is 14.5 Å². The summed E-state index contributed by atoms with van der Waals surface area (Å²) in [5.74, 6) is 0.0596. The lowest BCUT2D eigenvalue weighted by Crippen LogP contribution is -2.09. The van der Waals surface area contributed by atoms with E-state index < -0.39 is 6.16 Å². The molecule has 0 radical (unpaired) electrons. The van der Waals surface area contributed by atoms with Gasteiger partial charge in [-0.25, -0.2) is 9.78 Å². The lowest BCUT2D eigenvalue weighted by molar-refractivity contribution is 0.120. The molecule has 0 unspecified atom stereocenters. The zero-order chi connectivity index (χ0) is 8.97. The number of nitrogens with zero attached hydrogens (tertiary/aromatic N) is 1. The number of carbonyl (C=O) groups is 1. The van der Waals surface area contributed by atoms with Gasteiger partial charge in [-0.1, -0.05) is 0 Å². The number of ether oxygens (including phenoxy) is 2. The van der Waals surface area contributed by atoms with Gasteiger partial charge in [-0.3, -0.25) is 0 Å². The fourth-order valence-corrected chi connectivity index (χ4v) is 0.609. The molecule has 1 aromatic heterocycles. The average Bonchev–Trinajstić information content (AvgIpc) is 2.09. The van der Waals surface area contributed by atoms with Crippen LogP contribution in [0, 0.1) is 0 Å². The molecule has 0 aliphatic rings. The molecule has 0 aliphatic carbocycles. The first-order valence-corrected chi connectivity index (χ1v) is 3.20. The van der Waals surface area contributed by atoms with Gasteiger partial charge in [-0.2, -0.15) is 0 Å². The Morgan fingerprint density at radius 2 is 2.42 bits per heavy atom. The maximum absolute atomic E-state index is 10.6. The van der Waals surface area contributed by atoms with Gasteiger partial charge in [0.1, 0.15) is 0 Å². The van der Waals surface area contributed by atoms with Crippen LogP contribution < -0.4 is 10.5 Å². The zero-order valence-electron chi connectivity index (χ0n) is 6.48. The second-order valence-corrected chi connectivity index (χ2v) is 1.95. The summed E-state index contributed by atoms with van der Waals surface area (Å²) in [6.07, 6.45) is 0.634. The summed E-state index contributed by atoms with van der Waals surface area (Å²) in [4.78, 5) is 14.3. The molecule has 0 atom stereocenters. The second-order valence-electron chi connectivity index (χ2n) is 1.95. The smallest absolute Gasteiger partial charge is 0.437 e. The Bertz CT molecular complexity index is 288. The van der Waals surface area contributed by atoms with E-state index in [-0.39, 0.29) is 5.88 Å². The van der Waals surface area contributed by atoms with Crippen LogP contribution >= 0.6 is 0 Å². The van der Waals surface area contributed by atoms with Crippen LogP contribution in [0.3, 0.4) is 0 Å². The Kier molecular flexibility index (Phi) is 2.47. The average molecular weight is 168 g/mol. The number of aromatic nitrogens is 1. The van der Waals surface area contributed by atoms with Crippen molar-refractivity contribution in [3.05, 3.63) is 18.3 Å². The molecule has 5 nitrogen and oxygen atoms in total. The molecular weight excluding hydrogens is 160 g/mol. The first-order valence-electron chi connectivity index (χ1n) is 3.20. The fraction of sp³-hybridized carbons (Fsp3) is 0.143. The van der Waals surface area contributed by atoms with Crippen LogP contribution in [0.5, 0.6) is 5.88 Å². The number of pyridine rings is 1. The number of hydrogen-bond donors (Lipinski definition) is 1. The van der Waals surface area contributed by atoms with Crippen molar-refractivity contribution in [3.63, 3.8) is 0 Å². The predicted octanol–water partition coefficient (Wildman–Crippen LogP) is 0.809. The summed E-state index contributed by atoms with van der Waals surface area (Å²) in [5.41, 5.74) is 5.72. The molecule has 0 spiro atoms. The van der Waals surface area contributed by atoms with Gasteiger partial charge in [-0.15, -0.1) is 0 Å². The van der Waals surface area contributed by atoms with Crippen molar-refractivity contribution >= 4 is 11.8 Å². The van der Waals surface area contributed by atoms with Gasteiger partial charge in [-0.05, 0) is 12.1 Å². The molecule has 0 aliphatic heterocycles. The molecule has 0 saturated carbocycles. The van der Waals surface area contributed by atoms with Gasteiger partial charge in [0, 0.05) is 6.20 Å². The molecule has 5 heteroatoms. The van der Waals surface area contributed by atoms with Crippen LogP contribution in [0.15, 0.2) is 18.3 Å². The Hall–Kier alpha value is -1.78. The molecule has 1 rings (SSSR count). The third-order valence-corrected chi connectivity index (χ3v) is 1.15. The van der Waals surface area contributed by atoms with E-state index in [4.69, 9.17) is 5.73 Å². The maximum Gasteiger partial charge on any atom is 0.514 e. The Morgan fingerprint density at radius 3 is 3.00 bits per heavy atom. The topological polar surface area (TPSA) is 74.4 Å². The fourth-order valence-electron chi connectivity index (χ4n) is 0.609. The van der Waals surface area contributed by atoms with E-state index in [1.807, 2.05) is 0 Å². The highest BCUT2D eigenvalue weighted by molar-refractivity contribution is 5.65. The number of nitrogen functional groups attached to an aromatic ring is 1. The Labute approximate surface area is 69.1 Å². The highest BCUT2D eigenvalue weighted by Crippen LogP contribution is 2.15. The van der Waals surface area contributed by atoms with E-state index in [1.54, 1.807) is 12.1 Å². The summed E-state index contributed by atoms with van der Waals surface area (Å²) < 4.78 is 8.85. The summed E-state index contributed by atoms with van der Waals surface area (Å²) in [7, 11) is 1.21. The van der Waals surface area contributed by atoms with E-state index >= 15 is 0 Å². The van der Waals surface area contributed by atoms with Crippen molar-refractivity contribution in [2.45, 2.75) is 0 Å². The Balaban J connectivity index is 2.75. The van der Waals surface area contributed by atoms with Crippen molar-refractivity contribution in [1.82, 2.24) is 4.98 Å². The van der Waals surface area contributed by atoms with E-state index in [0.29, 0.717) is 5.69 Å². The van der Waals surface area contributed by atoms with E-state index in [0.717, 1.165) is 0 Å². The summed E-state index contributed by atoms with van der Waals surface area (Å²) in [6, 6.07) is 3.21. The van der Waals surface area contributed by atoms with Crippen LogP contribution in [-0.4, -0.2) is 18.2 Å². The summed E-state index contributed by atoms with van der Waals surface area (Å²) >= 11 is 0. The normalized spacial score (nSPS) is 9.08. The van der Waals surface area contributed by atoms with Crippen LogP contribution in [0.1, 0.15) is 0 Å². The molecule has 0 aromatic carbocycles.